The summed E-state index contributed by atoms with van der Waals surface area (Å²) in [6, 6.07) is 11.5. The molecule has 0 unspecified atom stereocenters. The molecule has 0 aromatic heterocycles. The molecule has 3 N–H and O–H groups in total. The van der Waals surface area contributed by atoms with Crippen LogP contribution in [0.4, 0.5) is 13.2 Å². The summed E-state index contributed by atoms with van der Waals surface area (Å²) in [5, 5.41) is 11.8. The van der Waals surface area contributed by atoms with Crippen molar-refractivity contribution in [3.8, 4) is 0 Å². The number of guanidine groups is 1. The van der Waals surface area contributed by atoms with Crippen molar-refractivity contribution in [3.05, 3.63) is 70.2 Å². The smallest absolute Gasteiger partial charge is 0.367 e. The summed E-state index contributed by atoms with van der Waals surface area (Å²) in [6.07, 6.45) is -1.58. The van der Waals surface area contributed by atoms with E-state index < -0.39 is 11.7 Å². The second kappa shape index (κ2) is 9.79. The minimum atomic E-state index is -4.37. The normalized spacial score (nSPS) is 12.4. The maximum atomic E-state index is 12.4. The van der Waals surface area contributed by atoms with E-state index >= 15 is 0 Å². The van der Waals surface area contributed by atoms with Crippen molar-refractivity contribution >= 4 is 42.4 Å². The number of hydrogen-bond donors (Lipinski definition) is 2. The quantitative estimate of drug-likeness (QED) is 0.458. The van der Waals surface area contributed by atoms with Crippen LogP contribution in [0.25, 0.3) is 0 Å². The summed E-state index contributed by atoms with van der Waals surface area (Å²) in [5.74, 6) is -0.0756. The van der Waals surface area contributed by atoms with Crippen molar-refractivity contribution in [3.63, 3.8) is 0 Å². The van der Waals surface area contributed by atoms with Gasteiger partial charge >= 0.3 is 6.18 Å². The third-order valence-corrected chi connectivity index (χ3v) is 3.12. The third kappa shape index (κ3) is 7.12. The van der Waals surface area contributed by atoms with Crippen molar-refractivity contribution < 1.29 is 13.2 Å². The van der Waals surface area contributed by atoms with E-state index in [1.54, 1.807) is 24.3 Å². The molecule has 0 amide bonds. The summed E-state index contributed by atoms with van der Waals surface area (Å²) in [7, 11) is 0. The van der Waals surface area contributed by atoms with E-state index in [4.69, 9.17) is 17.3 Å². The van der Waals surface area contributed by atoms with Gasteiger partial charge < -0.3 is 5.73 Å². The van der Waals surface area contributed by atoms with Gasteiger partial charge in [-0.3, -0.25) is 0 Å². The Morgan fingerprint density at radius 2 is 1.50 bits per heavy atom. The lowest BCUT2D eigenvalue weighted by atomic mass is 10.1. The zero-order valence-electron chi connectivity index (χ0n) is 13.1. The summed E-state index contributed by atoms with van der Waals surface area (Å²) in [5.41, 5.74) is 8.54. The molecule has 0 atom stereocenters. The molecule has 0 heterocycles. The molecule has 0 fully saturated rings. The first-order valence-electron chi connectivity index (χ1n) is 6.93. The Hall–Kier alpha value is -2.58. The summed E-state index contributed by atoms with van der Waals surface area (Å²) in [4.78, 5) is 0. The van der Waals surface area contributed by atoms with Gasteiger partial charge in [-0.1, -0.05) is 35.9 Å². The van der Waals surface area contributed by atoms with Crippen LogP contribution >= 0.6 is 24.0 Å². The monoisotopic (exact) mass is 403 g/mol. The van der Waals surface area contributed by atoms with Crippen LogP contribution in [0.3, 0.4) is 0 Å². The number of hydrazone groups is 1. The van der Waals surface area contributed by atoms with Gasteiger partial charge in [0, 0.05) is 5.02 Å². The highest BCUT2D eigenvalue weighted by Gasteiger charge is 2.29. The van der Waals surface area contributed by atoms with E-state index in [1.807, 2.05) is 0 Å². The molecule has 0 aliphatic heterocycles. The van der Waals surface area contributed by atoms with E-state index in [9.17, 15) is 13.2 Å². The number of nitrogens with two attached hydrogens (primary N) is 1. The maximum Gasteiger partial charge on any atom is 0.416 e. The Kier molecular flexibility index (Phi) is 8.08. The Balaban J connectivity index is 0.00000338. The topological polar surface area (TPSA) is 75.1 Å². The Morgan fingerprint density at radius 3 is 2.08 bits per heavy atom. The first kappa shape index (κ1) is 21.5. The van der Waals surface area contributed by atoms with Gasteiger partial charge in [0.15, 0.2) is 0 Å². The molecule has 2 aromatic rings. The number of nitrogens with one attached hydrogen (secondary N) is 1. The van der Waals surface area contributed by atoms with Crippen LogP contribution in [0, 0.1) is 0 Å². The van der Waals surface area contributed by atoms with Crippen LogP contribution in [0.2, 0.25) is 5.02 Å². The third-order valence-electron chi connectivity index (χ3n) is 2.87. The minimum absolute atomic E-state index is 0. The van der Waals surface area contributed by atoms with Gasteiger partial charge in [0.2, 0.25) is 5.96 Å². The largest absolute Gasteiger partial charge is 0.416 e. The average Bonchev–Trinajstić information content (AvgIpc) is 2.56. The van der Waals surface area contributed by atoms with Gasteiger partial charge in [0.1, 0.15) is 0 Å². The molecule has 2 aromatic carbocycles. The molecule has 0 aliphatic rings. The Bertz CT molecular complexity index is 785. The van der Waals surface area contributed by atoms with Gasteiger partial charge in [-0.25, -0.2) is 5.43 Å². The fraction of sp³-hybridized carbons (Fsp3) is 0.0625. The molecule has 0 spiro atoms. The van der Waals surface area contributed by atoms with Crippen LogP contribution in [0.5, 0.6) is 0 Å². The molecule has 0 saturated carbocycles. The second-order valence-corrected chi connectivity index (χ2v) is 5.21. The van der Waals surface area contributed by atoms with Crippen LogP contribution in [-0.4, -0.2) is 18.4 Å². The molecule has 2 rings (SSSR count). The van der Waals surface area contributed by atoms with Crippen molar-refractivity contribution in [2.75, 3.05) is 0 Å². The van der Waals surface area contributed by atoms with Crippen LogP contribution in [-0.2, 0) is 6.18 Å². The van der Waals surface area contributed by atoms with Crippen molar-refractivity contribution in [1.29, 1.82) is 0 Å². The van der Waals surface area contributed by atoms with E-state index in [-0.39, 0.29) is 18.4 Å². The molecular formula is C16H14Cl2F3N5. The van der Waals surface area contributed by atoms with Crippen LogP contribution in [0.15, 0.2) is 63.8 Å². The van der Waals surface area contributed by atoms with Crippen LogP contribution < -0.4 is 11.2 Å². The van der Waals surface area contributed by atoms with Gasteiger partial charge in [-0.05, 0) is 35.4 Å². The lowest BCUT2D eigenvalue weighted by molar-refractivity contribution is -0.137. The number of nitrogens with zero attached hydrogens (tertiary/aromatic N) is 3. The first-order valence-corrected chi connectivity index (χ1v) is 7.31. The van der Waals surface area contributed by atoms with E-state index in [2.05, 4.69) is 20.7 Å². The molecule has 0 radical (unpaired) electrons. The molecule has 138 valence electrons. The number of hydrogen-bond acceptors (Lipinski definition) is 3. The van der Waals surface area contributed by atoms with Crippen molar-refractivity contribution in [1.82, 2.24) is 5.43 Å². The van der Waals surface area contributed by atoms with E-state index in [1.165, 1.54) is 24.6 Å². The Labute approximate surface area is 158 Å². The minimum Gasteiger partial charge on any atom is -0.367 e. The zero-order valence-corrected chi connectivity index (χ0v) is 14.7. The summed E-state index contributed by atoms with van der Waals surface area (Å²) < 4.78 is 37.3. The highest BCUT2D eigenvalue weighted by molar-refractivity contribution is 6.30. The number of benzene rings is 2. The van der Waals surface area contributed by atoms with Crippen molar-refractivity contribution in [2.45, 2.75) is 6.18 Å². The SMILES string of the molecule is Cl.NC(=NN=Cc1ccc(C(F)(F)F)cc1)NN=Cc1ccc(Cl)cc1. The second-order valence-electron chi connectivity index (χ2n) is 4.77. The van der Waals surface area contributed by atoms with Gasteiger partial charge in [0.05, 0.1) is 18.0 Å². The fourth-order valence-corrected chi connectivity index (χ4v) is 1.79. The van der Waals surface area contributed by atoms with E-state index in [0.29, 0.717) is 10.6 Å². The van der Waals surface area contributed by atoms with Gasteiger partial charge in [0.25, 0.3) is 0 Å². The molecule has 0 aliphatic carbocycles. The molecular weight excluding hydrogens is 390 g/mol. The van der Waals surface area contributed by atoms with Crippen LogP contribution in [0.1, 0.15) is 16.7 Å². The van der Waals surface area contributed by atoms with Gasteiger partial charge in [-0.2, -0.15) is 23.4 Å². The molecule has 0 saturated heterocycles. The predicted octanol–water partition coefficient (Wildman–Crippen LogP) is 4.05. The fourth-order valence-electron chi connectivity index (χ4n) is 1.66. The summed E-state index contributed by atoms with van der Waals surface area (Å²) >= 11 is 5.76. The lowest BCUT2D eigenvalue weighted by Gasteiger charge is -2.05. The molecule has 0 bridgehead atoms. The average molecular weight is 404 g/mol. The van der Waals surface area contributed by atoms with Gasteiger partial charge in [-0.15, -0.1) is 17.5 Å². The standard InChI is InChI=1S/C16H13ClF3N5.ClH/c17-14-7-3-12(4-8-14)10-23-25-15(21)24-22-9-11-1-5-13(6-2-11)16(18,19)20;/h1-10H,(H3,21,24,25);1H. The number of alkyl halides is 3. The highest BCUT2D eigenvalue weighted by atomic mass is 35.5. The van der Waals surface area contributed by atoms with Crippen molar-refractivity contribution in [2.24, 2.45) is 21.0 Å². The van der Waals surface area contributed by atoms with E-state index in [0.717, 1.165) is 17.7 Å². The number of rotatable bonds is 4. The molecule has 5 nitrogen and oxygen atoms in total. The number of halogens is 5. The zero-order chi connectivity index (χ0) is 18.3. The predicted molar refractivity (Wildman–Crippen MR) is 100 cm³/mol. The molecule has 26 heavy (non-hydrogen) atoms. The molecule has 10 heteroatoms. The Morgan fingerprint density at radius 1 is 0.962 bits per heavy atom. The summed E-state index contributed by atoms with van der Waals surface area (Å²) in [6.45, 7) is 0. The lowest BCUT2D eigenvalue weighted by Crippen LogP contribution is -2.26. The highest BCUT2D eigenvalue weighted by Crippen LogP contribution is 2.28. The maximum absolute atomic E-state index is 12.4. The first-order chi connectivity index (χ1) is 11.8.